The molecule has 0 radical (unpaired) electrons. The Kier molecular flexibility index (Phi) is 6.35. The van der Waals surface area contributed by atoms with Crippen molar-refractivity contribution in [3.05, 3.63) is 52.2 Å². The quantitative estimate of drug-likeness (QED) is 0.787. The smallest absolute Gasteiger partial charge is 0.261 e. The molecule has 5 heteroatoms. The van der Waals surface area contributed by atoms with Crippen molar-refractivity contribution in [3.8, 4) is 0 Å². The van der Waals surface area contributed by atoms with E-state index in [4.69, 9.17) is 0 Å². The number of hydrogen-bond acceptors (Lipinski definition) is 4. The fraction of sp³-hybridized carbons (Fsp3) is 0.421. The monoisotopic (exact) mass is 360 g/mol. The van der Waals surface area contributed by atoms with Gasteiger partial charge in [0.15, 0.2) is 0 Å². The molecule has 1 aliphatic heterocycles. The molecule has 0 saturated carbocycles. The van der Waals surface area contributed by atoms with E-state index < -0.39 is 0 Å². The first-order valence-corrected chi connectivity index (χ1v) is 10.5. The van der Waals surface area contributed by atoms with Gasteiger partial charge in [-0.15, -0.1) is 23.1 Å². The Morgan fingerprint density at radius 3 is 2.75 bits per heavy atom. The molecule has 1 N–H and O–H groups in total. The molecule has 2 aromatic rings. The summed E-state index contributed by atoms with van der Waals surface area (Å²) in [6.07, 6.45) is 4.46. The molecule has 1 amide bonds. The van der Waals surface area contributed by atoms with Crippen molar-refractivity contribution < 1.29 is 4.79 Å². The van der Waals surface area contributed by atoms with Gasteiger partial charge in [-0.25, -0.2) is 0 Å². The zero-order valence-electron chi connectivity index (χ0n) is 14.0. The molecular formula is C19H24N2OS2. The standard InChI is InChI=1S/C19H24N2OS2/c1-23-17-6-3-2-5-16(17)14-21-10-8-15(9-11-21)13-20-19(22)18-7-4-12-24-18/h2-7,12,15H,8-11,13-14H2,1H3,(H,20,22). The van der Waals surface area contributed by atoms with Gasteiger partial charge in [0.2, 0.25) is 0 Å². The largest absolute Gasteiger partial charge is 0.351 e. The van der Waals surface area contributed by atoms with Crippen molar-refractivity contribution in [3.63, 3.8) is 0 Å². The number of hydrogen-bond donors (Lipinski definition) is 1. The molecule has 0 atom stereocenters. The molecule has 1 fully saturated rings. The van der Waals surface area contributed by atoms with Crippen molar-refractivity contribution in [1.82, 2.24) is 10.2 Å². The normalized spacial score (nSPS) is 16.2. The number of nitrogens with zero attached hydrogens (tertiary/aromatic N) is 1. The van der Waals surface area contributed by atoms with Gasteiger partial charge < -0.3 is 5.32 Å². The Hall–Kier alpha value is -1.30. The maximum atomic E-state index is 12.0. The van der Waals surface area contributed by atoms with Crippen molar-refractivity contribution in [1.29, 1.82) is 0 Å². The van der Waals surface area contributed by atoms with Crippen LogP contribution in [0.1, 0.15) is 28.1 Å². The van der Waals surface area contributed by atoms with E-state index in [1.807, 2.05) is 29.3 Å². The van der Waals surface area contributed by atoms with Gasteiger partial charge in [0, 0.05) is 18.0 Å². The van der Waals surface area contributed by atoms with Crippen LogP contribution in [0.4, 0.5) is 0 Å². The highest BCUT2D eigenvalue weighted by Gasteiger charge is 2.20. The highest BCUT2D eigenvalue weighted by Crippen LogP contribution is 2.24. The third-order valence-electron chi connectivity index (χ3n) is 4.59. The first-order valence-electron chi connectivity index (χ1n) is 8.42. The van der Waals surface area contributed by atoms with Crippen LogP contribution in [0.3, 0.4) is 0 Å². The van der Waals surface area contributed by atoms with E-state index in [0.29, 0.717) is 5.92 Å². The Morgan fingerprint density at radius 2 is 2.04 bits per heavy atom. The molecule has 1 aromatic carbocycles. The van der Waals surface area contributed by atoms with Crippen LogP contribution in [-0.4, -0.2) is 36.7 Å². The van der Waals surface area contributed by atoms with E-state index in [1.54, 1.807) is 0 Å². The first kappa shape index (κ1) is 17.5. The van der Waals surface area contributed by atoms with Gasteiger partial charge in [0.05, 0.1) is 4.88 Å². The van der Waals surface area contributed by atoms with Crippen LogP contribution < -0.4 is 5.32 Å². The number of piperidine rings is 1. The number of rotatable bonds is 6. The molecule has 1 saturated heterocycles. The minimum atomic E-state index is 0.0707. The molecule has 0 spiro atoms. The van der Waals surface area contributed by atoms with Gasteiger partial charge in [-0.05, 0) is 61.2 Å². The van der Waals surface area contributed by atoms with Crippen LogP contribution in [0.5, 0.6) is 0 Å². The summed E-state index contributed by atoms with van der Waals surface area (Å²) >= 11 is 3.32. The summed E-state index contributed by atoms with van der Waals surface area (Å²) in [6.45, 7) is 4.06. The lowest BCUT2D eigenvalue weighted by Crippen LogP contribution is -2.38. The number of carbonyl (C=O) groups excluding carboxylic acids is 1. The van der Waals surface area contributed by atoms with E-state index in [0.717, 1.165) is 43.9 Å². The summed E-state index contributed by atoms with van der Waals surface area (Å²) in [7, 11) is 0. The van der Waals surface area contributed by atoms with E-state index >= 15 is 0 Å². The predicted octanol–water partition coefficient (Wildman–Crippen LogP) is 4.11. The summed E-state index contributed by atoms with van der Waals surface area (Å²) in [5.74, 6) is 0.669. The summed E-state index contributed by atoms with van der Waals surface area (Å²) in [5.41, 5.74) is 1.43. The zero-order chi connectivity index (χ0) is 16.8. The summed E-state index contributed by atoms with van der Waals surface area (Å²) in [4.78, 5) is 16.7. The number of thioether (sulfide) groups is 1. The molecule has 24 heavy (non-hydrogen) atoms. The fourth-order valence-electron chi connectivity index (χ4n) is 3.16. The molecule has 3 nitrogen and oxygen atoms in total. The Labute approximate surface area is 152 Å². The molecule has 0 unspecified atom stereocenters. The predicted molar refractivity (Wildman–Crippen MR) is 103 cm³/mol. The number of benzene rings is 1. The Balaban J connectivity index is 1.43. The average Bonchev–Trinajstić information content (AvgIpc) is 3.16. The second-order valence-electron chi connectivity index (χ2n) is 6.22. The van der Waals surface area contributed by atoms with Crippen molar-refractivity contribution in [2.24, 2.45) is 5.92 Å². The second-order valence-corrected chi connectivity index (χ2v) is 8.01. The molecule has 1 aliphatic rings. The molecule has 1 aromatic heterocycles. The second kappa shape index (κ2) is 8.70. The van der Waals surface area contributed by atoms with E-state index in [-0.39, 0.29) is 5.91 Å². The maximum Gasteiger partial charge on any atom is 0.261 e. The van der Waals surface area contributed by atoms with Crippen LogP contribution in [0, 0.1) is 5.92 Å². The minimum Gasteiger partial charge on any atom is -0.351 e. The molecule has 3 rings (SSSR count). The van der Waals surface area contributed by atoms with Gasteiger partial charge in [0.25, 0.3) is 5.91 Å². The van der Waals surface area contributed by atoms with Crippen LogP contribution >= 0.6 is 23.1 Å². The number of amides is 1. The van der Waals surface area contributed by atoms with Gasteiger partial charge >= 0.3 is 0 Å². The zero-order valence-corrected chi connectivity index (χ0v) is 15.7. The van der Waals surface area contributed by atoms with Crippen molar-refractivity contribution in [2.45, 2.75) is 24.3 Å². The van der Waals surface area contributed by atoms with E-state index in [2.05, 4.69) is 40.7 Å². The minimum absolute atomic E-state index is 0.0707. The van der Waals surface area contributed by atoms with Crippen molar-refractivity contribution >= 4 is 29.0 Å². The topological polar surface area (TPSA) is 32.3 Å². The molecule has 128 valence electrons. The SMILES string of the molecule is CSc1ccccc1CN1CCC(CNC(=O)c2cccs2)CC1. The number of carbonyl (C=O) groups is 1. The third kappa shape index (κ3) is 4.62. The summed E-state index contributed by atoms with van der Waals surface area (Å²) in [5, 5.41) is 5.03. The lowest BCUT2D eigenvalue weighted by Gasteiger charge is -2.32. The average molecular weight is 361 g/mol. The van der Waals surface area contributed by atoms with Crippen LogP contribution in [0.15, 0.2) is 46.7 Å². The lowest BCUT2D eigenvalue weighted by atomic mass is 9.96. The first-order chi connectivity index (χ1) is 11.8. The van der Waals surface area contributed by atoms with Crippen LogP contribution in [0.25, 0.3) is 0 Å². The maximum absolute atomic E-state index is 12.0. The fourth-order valence-corrected chi connectivity index (χ4v) is 4.40. The third-order valence-corrected chi connectivity index (χ3v) is 6.30. The van der Waals surface area contributed by atoms with E-state index in [1.165, 1.54) is 21.8 Å². The molecule has 0 bridgehead atoms. The highest BCUT2D eigenvalue weighted by atomic mass is 32.2. The van der Waals surface area contributed by atoms with Crippen LogP contribution in [0.2, 0.25) is 0 Å². The number of likely N-dealkylation sites (tertiary alicyclic amines) is 1. The molecule has 2 heterocycles. The Bertz CT molecular complexity index is 649. The van der Waals surface area contributed by atoms with Gasteiger partial charge in [-0.3, -0.25) is 9.69 Å². The Morgan fingerprint density at radius 1 is 1.25 bits per heavy atom. The summed E-state index contributed by atoms with van der Waals surface area (Å²) in [6, 6.07) is 12.5. The van der Waals surface area contributed by atoms with Crippen LogP contribution in [-0.2, 0) is 6.54 Å². The van der Waals surface area contributed by atoms with Gasteiger partial charge in [0.1, 0.15) is 0 Å². The highest BCUT2D eigenvalue weighted by molar-refractivity contribution is 7.98. The molecule has 0 aliphatic carbocycles. The lowest BCUT2D eigenvalue weighted by molar-refractivity contribution is 0.0939. The van der Waals surface area contributed by atoms with Crippen molar-refractivity contribution in [2.75, 3.05) is 25.9 Å². The number of thiophene rings is 1. The summed E-state index contributed by atoms with van der Waals surface area (Å²) < 4.78 is 0. The number of nitrogens with one attached hydrogen (secondary N) is 1. The van der Waals surface area contributed by atoms with E-state index in [9.17, 15) is 4.79 Å². The van der Waals surface area contributed by atoms with Gasteiger partial charge in [-0.1, -0.05) is 24.3 Å². The molecular weight excluding hydrogens is 336 g/mol. The van der Waals surface area contributed by atoms with Gasteiger partial charge in [-0.2, -0.15) is 0 Å².